The molecule has 5 nitrogen and oxygen atoms in total. The average molecular weight is 297 g/mol. The average Bonchev–Trinajstić information content (AvgIpc) is 2.45. The number of aliphatic hydroxyl groups is 1. The Morgan fingerprint density at radius 1 is 1.33 bits per heavy atom. The molecule has 0 aromatic heterocycles. The lowest BCUT2D eigenvalue weighted by atomic mass is 9.79. The molecule has 5 heteroatoms. The van der Waals surface area contributed by atoms with Crippen LogP contribution in [0.25, 0.3) is 0 Å². The summed E-state index contributed by atoms with van der Waals surface area (Å²) in [6.45, 7) is 4.55. The lowest BCUT2D eigenvalue weighted by Crippen LogP contribution is -2.51. The second-order valence-electron chi connectivity index (χ2n) is 7.25. The first-order chi connectivity index (χ1) is 9.89. The van der Waals surface area contributed by atoms with Crippen LogP contribution in [0.3, 0.4) is 0 Å². The summed E-state index contributed by atoms with van der Waals surface area (Å²) in [5.41, 5.74) is -0.520. The van der Waals surface area contributed by atoms with Crippen molar-refractivity contribution >= 4 is 6.03 Å². The number of urea groups is 1. The van der Waals surface area contributed by atoms with E-state index in [9.17, 15) is 9.90 Å². The predicted octanol–water partition coefficient (Wildman–Crippen LogP) is 1.66. The third-order valence-corrected chi connectivity index (χ3v) is 4.94. The van der Waals surface area contributed by atoms with E-state index in [2.05, 4.69) is 12.2 Å². The Hall–Kier alpha value is -0.810. The number of nitrogens with zero attached hydrogens (tertiary/aromatic N) is 2. The van der Waals surface area contributed by atoms with Crippen molar-refractivity contribution in [2.24, 2.45) is 5.92 Å². The Morgan fingerprint density at radius 2 is 2.00 bits per heavy atom. The van der Waals surface area contributed by atoms with Crippen LogP contribution in [0, 0.1) is 5.92 Å². The normalized spacial score (nSPS) is 31.2. The quantitative estimate of drug-likeness (QED) is 0.833. The number of amides is 2. The molecule has 1 aliphatic heterocycles. The molecule has 0 spiro atoms. The maximum absolute atomic E-state index is 11.9. The van der Waals surface area contributed by atoms with Gasteiger partial charge in [0.25, 0.3) is 0 Å². The highest BCUT2D eigenvalue weighted by Crippen LogP contribution is 2.31. The number of rotatable bonds is 3. The lowest BCUT2D eigenvalue weighted by molar-refractivity contribution is -0.0150. The minimum absolute atomic E-state index is 0.105. The van der Waals surface area contributed by atoms with Crippen molar-refractivity contribution in [2.75, 3.05) is 33.7 Å². The monoisotopic (exact) mass is 297 g/mol. The highest BCUT2D eigenvalue weighted by molar-refractivity contribution is 5.73. The third-order valence-electron chi connectivity index (χ3n) is 4.94. The molecule has 21 heavy (non-hydrogen) atoms. The van der Waals surface area contributed by atoms with Crippen molar-refractivity contribution in [1.82, 2.24) is 15.1 Å². The van der Waals surface area contributed by atoms with Gasteiger partial charge in [0, 0.05) is 39.8 Å². The second-order valence-corrected chi connectivity index (χ2v) is 7.25. The van der Waals surface area contributed by atoms with Crippen molar-refractivity contribution in [2.45, 2.75) is 57.1 Å². The Bertz CT molecular complexity index is 353. The van der Waals surface area contributed by atoms with Gasteiger partial charge in [0.15, 0.2) is 0 Å². The zero-order chi connectivity index (χ0) is 15.5. The third kappa shape index (κ3) is 4.58. The van der Waals surface area contributed by atoms with Crippen LogP contribution in [0.4, 0.5) is 4.79 Å². The molecule has 2 fully saturated rings. The molecule has 1 saturated carbocycles. The van der Waals surface area contributed by atoms with E-state index in [1.54, 1.807) is 19.0 Å². The van der Waals surface area contributed by atoms with E-state index >= 15 is 0 Å². The topological polar surface area (TPSA) is 55.8 Å². The van der Waals surface area contributed by atoms with E-state index in [-0.39, 0.29) is 6.03 Å². The molecule has 0 aromatic rings. The van der Waals surface area contributed by atoms with Crippen LogP contribution in [-0.4, -0.2) is 66.3 Å². The first-order valence-corrected chi connectivity index (χ1v) is 8.32. The van der Waals surface area contributed by atoms with Gasteiger partial charge in [-0.3, -0.25) is 0 Å². The number of nitrogens with one attached hydrogen (secondary N) is 1. The number of piperidine rings is 1. The van der Waals surface area contributed by atoms with Crippen LogP contribution >= 0.6 is 0 Å². The van der Waals surface area contributed by atoms with Gasteiger partial charge in [-0.2, -0.15) is 0 Å². The minimum Gasteiger partial charge on any atom is -0.389 e. The van der Waals surface area contributed by atoms with Gasteiger partial charge in [-0.25, -0.2) is 4.79 Å². The predicted molar refractivity (Wildman–Crippen MR) is 84.3 cm³/mol. The van der Waals surface area contributed by atoms with Crippen molar-refractivity contribution < 1.29 is 9.90 Å². The molecule has 1 saturated heterocycles. The number of likely N-dealkylation sites (tertiary alicyclic amines) is 1. The van der Waals surface area contributed by atoms with Crippen LogP contribution in [0.2, 0.25) is 0 Å². The fourth-order valence-electron chi connectivity index (χ4n) is 3.68. The molecule has 2 N–H and O–H groups in total. The molecule has 2 amide bonds. The van der Waals surface area contributed by atoms with Crippen LogP contribution in [0.15, 0.2) is 0 Å². The number of hydrogen-bond acceptors (Lipinski definition) is 3. The summed E-state index contributed by atoms with van der Waals surface area (Å²) >= 11 is 0. The van der Waals surface area contributed by atoms with Crippen molar-refractivity contribution in [1.29, 1.82) is 0 Å². The van der Waals surface area contributed by atoms with Gasteiger partial charge >= 0.3 is 6.03 Å². The van der Waals surface area contributed by atoms with E-state index < -0.39 is 5.60 Å². The number of carbonyl (C=O) groups excluding carboxylic acids is 1. The highest BCUT2D eigenvalue weighted by Gasteiger charge is 2.33. The molecular formula is C16H31N3O2. The maximum atomic E-state index is 11.9. The molecule has 0 radical (unpaired) electrons. The van der Waals surface area contributed by atoms with Gasteiger partial charge in [-0.15, -0.1) is 0 Å². The molecule has 2 unspecified atom stereocenters. The summed E-state index contributed by atoms with van der Waals surface area (Å²) in [6.07, 6.45) is 6.17. The van der Waals surface area contributed by atoms with E-state index in [0.717, 1.165) is 45.2 Å². The van der Waals surface area contributed by atoms with Gasteiger partial charge in [0.1, 0.15) is 0 Å². The fraction of sp³-hybridized carbons (Fsp3) is 0.938. The molecule has 0 aromatic carbocycles. The first kappa shape index (κ1) is 16.6. The molecule has 2 atom stereocenters. The van der Waals surface area contributed by atoms with Gasteiger partial charge in [-0.05, 0) is 31.6 Å². The minimum atomic E-state index is -0.520. The zero-order valence-corrected chi connectivity index (χ0v) is 13.8. The zero-order valence-electron chi connectivity index (χ0n) is 13.8. The van der Waals surface area contributed by atoms with E-state index in [1.165, 1.54) is 6.42 Å². The number of hydrogen-bond donors (Lipinski definition) is 2. The summed E-state index contributed by atoms with van der Waals surface area (Å²) in [6, 6.07) is 0.533. The van der Waals surface area contributed by atoms with E-state index in [0.29, 0.717) is 18.5 Å². The standard InChI is InChI=1S/C16H31N3O2/c1-13-5-4-8-16(21,11-13)12-17-14-6-9-19(10-7-14)15(20)18(2)3/h13-14,17,21H,4-12H2,1-3H3. The van der Waals surface area contributed by atoms with Crippen LogP contribution < -0.4 is 5.32 Å². The van der Waals surface area contributed by atoms with Crippen molar-refractivity contribution in [3.8, 4) is 0 Å². The van der Waals surface area contributed by atoms with E-state index in [4.69, 9.17) is 0 Å². The molecule has 1 aliphatic carbocycles. The summed E-state index contributed by atoms with van der Waals surface area (Å²) in [4.78, 5) is 15.4. The maximum Gasteiger partial charge on any atom is 0.319 e. The fourth-order valence-corrected chi connectivity index (χ4v) is 3.68. The van der Waals surface area contributed by atoms with Crippen LogP contribution in [-0.2, 0) is 0 Å². The number of carbonyl (C=O) groups is 1. The smallest absolute Gasteiger partial charge is 0.319 e. The highest BCUT2D eigenvalue weighted by atomic mass is 16.3. The molecule has 1 heterocycles. The molecule has 0 bridgehead atoms. The second kappa shape index (κ2) is 6.97. The Balaban J connectivity index is 1.72. The molecule has 122 valence electrons. The van der Waals surface area contributed by atoms with Crippen molar-refractivity contribution in [3.05, 3.63) is 0 Å². The SMILES string of the molecule is CC1CCCC(O)(CNC2CCN(C(=O)N(C)C)CC2)C1. The summed E-state index contributed by atoms with van der Waals surface area (Å²) in [5, 5.41) is 14.2. The largest absolute Gasteiger partial charge is 0.389 e. The Kier molecular flexibility index (Phi) is 5.49. The van der Waals surface area contributed by atoms with Gasteiger partial charge in [-0.1, -0.05) is 19.8 Å². The summed E-state index contributed by atoms with van der Waals surface area (Å²) < 4.78 is 0. The van der Waals surface area contributed by atoms with Crippen LogP contribution in [0.1, 0.15) is 45.4 Å². The first-order valence-electron chi connectivity index (χ1n) is 8.32. The summed E-state index contributed by atoms with van der Waals surface area (Å²) in [7, 11) is 3.60. The van der Waals surface area contributed by atoms with Gasteiger partial charge in [0.2, 0.25) is 0 Å². The Morgan fingerprint density at radius 3 is 2.57 bits per heavy atom. The lowest BCUT2D eigenvalue weighted by Gasteiger charge is -2.39. The van der Waals surface area contributed by atoms with Gasteiger partial charge < -0.3 is 20.2 Å². The summed E-state index contributed by atoms with van der Waals surface area (Å²) in [5.74, 6) is 0.630. The van der Waals surface area contributed by atoms with E-state index in [1.807, 2.05) is 4.90 Å². The molecular weight excluding hydrogens is 266 g/mol. The van der Waals surface area contributed by atoms with Crippen molar-refractivity contribution in [3.63, 3.8) is 0 Å². The molecule has 2 aliphatic rings. The Labute approximate surface area is 128 Å². The molecule has 2 rings (SSSR count). The van der Waals surface area contributed by atoms with Gasteiger partial charge in [0.05, 0.1) is 5.60 Å². The van der Waals surface area contributed by atoms with Crippen LogP contribution in [0.5, 0.6) is 0 Å².